The molecule has 1 aromatic heterocycles. The van der Waals surface area contributed by atoms with E-state index in [0.29, 0.717) is 5.92 Å². The summed E-state index contributed by atoms with van der Waals surface area (Å²) in [6, 6.07) is 4.52. The molecule has 0 radical (unpaired) electrons. The molecule has 1 aromatic rings. The highest BCUT2D eigenvalue weighted by Gasteiger charge is 2.37. The fourth-order valence-corrected chi connectivity index (χ4v) is 2.41. The first-order valence-electron chi connectivity index (χ1n) is 6.95. The maximum absolute atomic E-state index is 5.73. The van der Waals surface area contributed by atoms with E-state index in [4.69, 9.17) is 4.74 Å². The van der Waals surface area contributed by atoms with Crippen LogP contribution in [0.4, 0.5) is 0 Å². The number of aromatic nitrogens is 1. The SMILES string of the molecule is CCCNC(c1ccc(C)nc1)C(OC)C1CC1. The molecule has 2 rings (SSSR count). The lowest BCUT2D eigenvalue weighted by Crippen LogP contribution is -2.35. The largest absolute Gasteiger partial charge is 0.379 e. The second-order valence-corrected chi connectivity index (χ2v) is 5.20. The van der Waals surface area contributed by atoms with Crippen LogP contribution < -0.4 is 5.32 Å². The summed E-state index contributed by atoms with van der Waals surface area (Å²) in [5, 5.41) is 3.61. The number of hydrogen-bond donors (Lipinski definition) is 1. The van der Waals surface area contributed by atoms with Crippen LogP contribution in [0.5, 0.6) is 0 Å². The first-order valence-corrected chi connectivity index (χ1v) is 6.95. The first kappa shape index (κ1) is 13.5. The number of nitrogens with one attached hydrogen (secondary N) is 1. The van der Waals surface area contributed by atoms with Gasteiger partial charge in [0.15, 0.2) is 0 Å². The quantitative estimate of drug-likeness (QED) is 0.805. The fourth-order valence-electron chi connectivity index (χ4n) is 2.41. The van der Waals surface area contributed by atoms with Gasteiger partial charge in [-0.2, -0.15) is 0 Å². The number of hydrogen-bond acceptors (Lipinski definition) is 3. The van der Waals surface area contributed by atoms with Crippen molar-refractivity contribution in [2.24, 2.45) is 5.92 Å². The molecule has 1 heterocycles. The van der Waals surface area contributed by atoms with Crippen molar-refractivity contribution in [1.82, 2.24) is 10.3 Å². The zero-order valence-electron chi connectivity index (χ0n) is 11.6. The van der Waals surface area contributed by atoms with Gasteiger partial charge in [-0.3, -0.25) is 4.98 Å². The number of methoxy groups -OCH3 is 1. The van der Waals surface area contributed by atoms with Crippen molar-refractivity contribution in [3.05, 3.63) is 29.6 Å². The van der Waals surface area contributed by atoms with Crippen molar-refractivity contribution < 1.29 is 4.74 Å². The average molecular weight is 248 g/mol. The number of pyridine rings is 1. The molecule has 100 valence electrons. The third-order valence-electron chi connectivity index (χ3n) is 3.59. The summed E-state index contributed by atoms with van der Waals surface area (Å²) in [6.45, 7) is 5.23. The third kappa shape index (κ3) is 3.30. The molecule has 18 heavy (non-hydrogen) atoms. The predicted octanol–water partition coefficient (Wildman–Crippen LogP) is 2.86. The minimum absolute atomic E-state index is 0.274. The van der Waals surface area contributed by atoms with E-state index in [1.54, 1.807) is 0 Å². The molecule has 1 aliphatic rings. The van der Waals surface area contributed by atoms with Gasteiger partial charge in [-0.1, -0.05) is 13.0 Å². The van der Waals surface area contributed by atoms with Crippen molar-refractivity contribution >= 4 is 0 Å². The predicted molar refractivity (Wildman–Crippen MR) is 73.5 cm³/mol. The van der Waals surface area contributed by atoms with Crippen molar-refractivity contribution in [2.75, 3.05) is 13.7 Å². The Morgan fingerprint density at radius 3 is 2.72 bits per heavy atom. The van der Waals surface area contributed by atoms with Gasteiger partial charge in [-0.25, -0.2) is 0 Å². The Kier molecular flexibility index (Phi) is 4.72. The van der Waals surface area contributed by atoms with E-state index in [0.717, 1.165) is 18.7 Å². The van der Waals surface area contributed by atoms with Gasteiger partial charge in [0.1, 0.15) is 0 Å². The van der Waals surface area contributed by atoms with E-state index in [-0.39, 0.29) is 12.1 Å². The molecule has 0 saturated heterocycles. The number of nitrogens with zero attached hydrogens (tertiary/aromatic N) is 1. The number of ether oxygens (including phenoxy) is 1. The van der Waals surface area contributed by atoms with Crippen LogP contribution in [0.2, 0.25) is 0 Å². The molecular weight excluding hydrogens is 224 g/mol. The highest BCUT2D eigenvalue weighted by molar-refractivity contribution is 5.19. The number of rotatable bonds is 7. The maximum Gasteiger partial charge on any atom is 0.0794 e. The van der Waals surface area contributed by atoms with Gasteiger partial charge in [0.05, 0.1) is 12.1 Å². The molecule has 3 nitrogen and oxygen atoms in total. The van der Waals surface area contributed by atoms with Crippen LogP contribution in [-0.2, 0) is 4.74 Å². The van der Waals surface area contributed by atoms with E-state index in [1.807, 2.05) is 20.2 Å². The molecular formula is C15H24N2O. The summed E-state index contributed by atoms with van der Waals surface area (Å²) in [6.07, 6.45) is 5.99. The van der Waals surface area contributed by atoms with Crippen LogP contribution in [-0.4, -0.2) is 24.7 Å². The van der Waals surface area contributed by atoms with Crippen LogP contribution in [0.25, 0.3) is 0 Å². The molecule has 0 aromatic carbocycles. The minimum Gasteiger partial charge on any atom is -0.379 e. The molecule has 1 N–H and O–H groups in total. The lowest BCUT2D eigenvalue weighted by atomic mass is 9.99. The molecule has 1 saturated carbocycles. The van der Waals surface area contributed by atoms with Crippen LogP contribution in [0, 0.1) is 12.8 Å². The van der Waals surface area contributed by atoms with E-state index in [1.165, 1.54) is 18.4 Å². The Bertz CT molecular complexity index is 359. The maximum atomic E-state index is 5.73. The van der Waals surface area contributed by atoms with E-state index >= 15 is 0 Å². The Labute approximate surface area is 110 Å². The smallest absolute Gasteiger partial charge is 0.0794 e. The van der Waals surface area contributed by atoms with Crippen molar-refractivity contribution in [3.8, 4) is 0 Å². The van der Waals surface area contributed by atoms with Gasteiger partial charge in [0.25, 0.3) is 0 Å². The average Bonchev–Trinajstić information content (AvgIpc) is 3.20. The first-order chi connectivity index (χ1) is 8.76. The summed E-state index contributed by atoms with van der Waals surface area (Å²) >= 11 is 0. The highest BCUT2D eigenvalue weighted by Crippen LogP contribution is 2.39. The van der Waals surface area contributed by atoms with Crippen LogP contribution >= 0.6 is 0 Å². The molecule has 1 fully saturated rings. The topological polar surface area (TPSA) is 34.2 Å². The van der Waals surface area contributed by atoms with Crippen LogP contribution in [0.1, 0.15) is 43.5 Å². The lowest BCUT2D eigenvalue weighted by molar-refractivity contribution is 0.0506. The normalized spacial score (nSPS) is 18.6. The molecule has 2 atom stereocenters. The van der Waals surface area contributed by atoms with E-state index in [2.05, 4.69) is 29.4 Å². The molecule has 0 bridgehead atoms. The summed E-state index contributed by atoms with van der Waals surface area (Å²) in [5.74, 6) is 0.714. The Morgan fingerprint density at radius 2 is 2.22 bits per heavy atom. The third-order valence-corrected chi connectivity index (χ3v) is 3.59. The van der Waals surface area contributed by atoms with Crippen molar-refractivity contribution in [2.45, 2.75) is 45.3 Å². The van der Waals surface area contributed by atoms with Gasteiger partial charge in [-0.15, -0.1) is 0 Å². The molecule has 1 aliphatic carbocycles. The van der Waals surface area contributed by atoms with Gasteiger partial charge < -0.3 is 10.1 Å². The molecule has 0 aliphatic heterocycles. The fraction of sp³-hybridized carbons (Fsp3) is 0.667. The Hall–Kier alpha value is -0.930. The van der Waals surface area contributed by atoms with Crippen molar-refractivity contribution in [3.63, 3.8) is 0 Å². The standard InChI is InChI=1S/C15H24N2O/c1-4-9-16-14(15(18-3)12-7-8-12)13-6-5-11(2)17-10-13/h5-6,10,12,14-16H,4,7-9H2,1-3H3. The van der Waals surface area contributed by atoms with E-state index < -0.39 is 0 Å². The minimum atomic E-state index is 0.274. The summed E-state index contributed by atoms with van der Waals surface area (Å²) < 4.78 is 5.73. The second kappa shape index (κ2) is 6.30. The monoisotopic (exact) mass is 248 g/mol. The van der Waals surface area contributed by atoms with Gasteiger partial charge in [0.2, 0.25) is 0 Å². The van der Waals surface area contributed by atoms with E-state index in [9.17, 15) is 0 Å². The molecule has 0 spiro atoms. The highest BCUT2D eigenvalue weighted by atomic mass is 16.5. The summed E-state index contributed by atoms with van der Waals surface area (Å²) in [5.41, 5.74) is 2.31. The zero-order chi connectivity index (χ0) is 13.0. The van der Waals surface area contributed by atoms with Crippen molar-refractivity contribution in [1.29, 1.82) is 0 Å². The van der Waals surface area contributed by atoms with Crippen LogP contribution in [0.15, 0.2) is 18.3 Å². The summed E-state index contributed by atoms with van der Waals surface area (Å²) in [4.78, 5) is 4.41. The Morgan fingerprint density at radius 1 is 1.44 bits per heavy atom. The Balaban J connectivity index is 2.14. The number of aryl methyl sites for hydroxylation is 1. The van der Waals surface area contributed by atoms with Crippen LogP contribution in [0.3, 0.4) is 0 Å². The van der Waals surface area contributed by atoms with Gasteiger partial charge in [0, 0.05) is 19.0 Å². The molecule has 3 heteroatoms. The van der Waals surface area contributed by atoms with Gasteiger partial charge >= 0.3 is 0 Å². The molecule has 0 amide bonds. The lowest BCUT2D eigenvalue weighted by Gasteiger charge is -2.27. The molecule has 2 unspecified atom stereocenters. The zero-order valence-corrected chi connectivity index (χ0v) is 11.6. The summed E-state index contributed by atoms with van der Waals surface area (Å²) in [7, 11) is 1.82. The van der Waals surface area contributed by atoms with Gasteiger partial charge in [-0.05, 0) is 50.3 Å². The second-order valence-electron chi connectivity index (χ2n) is 5.20.